The van der Waals surface area contributed by atoms with Crippen LogP contribution in [0.25, 0.3) is 10.9 Å². The van der Waals surface area contributed by atoms with Crippen molar-refractivity contribution in [2.75, 3.05) is 20.2 Å². The highest BCUT2D eigenvalue weighted by molar-refractivity contribution is 5.96. The zero-order valence-electron chi connectivity index (χ0n) is 15.6. The molecule has 0 unspecified atom stereocenters. The summed E-state index contributed by atoms with van der Waals surface area (Å²) in [5, 5.41) is 10.5. The van der Waals surface area contributed by atoms with Crippen LogP contribution in [0.15, 0.2) is 18.2 Å². The van der Waals surface area contributed by atoms with E-state index in [9.17, 15) is 9.90 Å². The lowest BCUT2D eigenvalue weighted by molar-refractivity contribution is 0.0389. The van der Waals surface area contributed by atoms with E-state index < -0.39 is 5.97 Å². The van der Waals surface area contributed by atoms with Gasteiger partial charge in [-0.3, -0.25) is 4.90 Å². The molecule has 2 heterocycles. The van der Waals surface area contributed by atoms with Crippen LogP contribution < -0.4 is 0 Å². The van der Waals surface area contributed by atoms with Crippen molar-refractivity contribution in [3.05, 3.63) is 35.0 Å². The van der Waals surface area contributed by atoms with E-state index in [1.54, 1.807) is 17.7 Å². The number of fused-ring (bicyclic) bond motifs is 1. The molecule has 0 saturated carbocycles. The lowest BCUT2D eigenvalue weighted by Gasteiger charge is -2.31. The summed E-state index contributed by atoms with van der Waals surface area (Å²) in [7, 11) is 3.63. The zero-order valence-corrected chi connectivity index (χ0v) is 15.6. The van der Waals surface area contributed by atoms with E-state index in [0.29, 0.717) is 17.7 Å². The summed E-state index contributed by atoms with van der Waals surface area (Å²) in [5.74, 6) is -0.534. The molecule has 0 aliphatic carbocycles. The third-order valence-corrected chi connectivity index (χ3v) is 5.33. The molecule has 2 aromatic rings. The zero-order chi connectivity index (χ0) is 18.1. The van der Waals surface area contributed by atoms with Gasteiger partial charge in [-0.1, -0.05) is 19.9 Å². The van der Waals surface area contributed by atoms with E-state index in [0.717, 1.165) is 43.4 Å². The summed E-state index contributed by atoms with van der Waals surface area (Å²) in [6.07, 6.45) is 2.53. The van der Waals surface area contributed by atoms with Crippen molar-refractivity contribution >= 4 is 16.9 Å². The number of hydrogen-bond acceptors (Lipinski definition) is 3. The molecule has 1 aromatic carbocycles. The number of nitrogens with zero attached hydrogens (tertiary/aromatic N) is 2. The van der Waals surface area contributed by atoms with E-state index in [4.69, 9.17) is 4.74 Å². The van der Waals surface area contributed by atoms with E-state index in [2.05, 4.69) is 30.9 Å². The molecule has 1 aliphatic heterocycles. The van der Waals surface area contributed by atoms with Crippen LogP contribution in [-0.2, 0) is 18.3 Å². The van der Waals surface area contributed by atoms with Gasteiger partial charge in [0, 0.05) is 39.2 Å². The SMILES string of the molecule is COC1CCN(Cc2cc(C(C)C)c3c(c2)cc(C(=O)O)n3C)CC1. The van der Waals surface area contributed by atoms with Gasteiger partial charge in [-0.2, -0.15) is 0 Å². The molecule has 1 aromatic heterocycles. The Morgan fingerprint density at radius 2 is 1.96 bits per heavy atom. The number of aromatic nitrogens is 1. The standard InChI is InChI=1S/C20H28N2O3/c1-13(2)17-10-14(12-22-7-5-16(25-4)6-8-22)9-15-11-18(20(23)24)21(3)19(15)17/h9-11,13,16H,5-8,12H2,1-4H3,(H,23,24). The maximum atomic E-state index is 11.5. The fourth-order valence-corrected chi connectivity index (χ4v) is 3.90. The number of piperidine rings is 1. The average molecular weight is 344 g/mol. The molecule has 1 aliphatic rings. The minimum absolute atomic E-state index is 0.343. The third-order valence-electron chi connectivity index (χ3n) is 5.33. The van der Waals surface area contributed by atoms with Crippen LogP contribution in [0.5, 0.6) is 0 Å². The van der Waals surface area contributed by atoms with Crippen molar-refractivity contribution in [3.63, 3.8) is 0 Å². The number of ether oxygens (including phenoxy) is 1. The second kappa shape index (κ2) is 7.18. The van der Waals surface area contributed by atoms with Gasteiger partial charge in [0.2, 0.25) is 0 Å². The van der Waals surface area contributed by atoms with Crippen molar-refractivity contribution < 1.29 is 14.6 Å². The van der Waals surface area contributed by atoms with Crippen LogP contribution in [0.2, 0.25) is 0 Å². The Labute approximate surface area is 149 Å². The number of aryl methyl sites for hydroxylation is 1. The number of aromatic carboxylic acids is 1. The highest BCUT2D eigenvalue weighted by atomic mass is 16.5. The Kier molecular flexibility index (Phi) is 5.16. The van der Waals surface area contributed by atoms with Crippen molar-refractivity contribution in [1.82, 2.24) is 9.47 Å². The Morgan fingerprint density at radius 1 is 1.28 bits per heavy atom. The van der Waals surface area contributed by atoms with Crippen LogP contribution in [0.3, 0.4) is 0 Å². The number of carbonyl (C=O) groups is 1. The molecule has 0 amide bonds. The van der Waals surface area contributed by atoms with E-state index in [1.165, 1.54) is 11.1 Å². The summed E-state index contributed by atoms with van der Waals surface area (Å²) in [4.78, 5) is 14.0. The van der Waals surface area contributed by atoms with Gasteiger partial charge in [-0.25, -0.2) is 4.79 Å². The molecule has 1 saturated heterocycles. The first-order valence-corrected chi connectivity index (χ1v) is 9.01. The number of likely N-dealkylation sites (tertiary alicyclic amines) is 1. The predicted octanol–water partition coefficient (Wildman–Crippen LogP) is 3.61. The molecular weight excluding hydrogens is 316 g/mol. The third kappa shape index (κ3) is 3.58. The van der Waals surface area contributed by atoms with Gasteiger partial charge in [0.1, 0.15) is 5.69 Å². The Bertz CT molecular complexity index is 771. The topological polar surface area (TPSA) is 54.7 Å². The summed E-state index contributed by atoms with van der Waals surface area (Å²) in [6, 6.07) is 6.20. The second-order valence-electron chi connectivity index (χ2n) is 7.38. The Hall–Kier alpha value is -1.85. The molecule has 3 rings (SSSR count). The number of rotatable bonds is 5. The highest BCUT2D eigenvalue weighted by Gasteiger charge is 2.21. The maximum Gasteiger partial charge on any atom is 0.352 e. The number of carboxylic acid groups (broad SMARTS) is 1. The van der Waals surface area contributed by atoms with Gasteiger partial charge in [0.25, 0.3) is 0 Å². The molecule has 0 atom stereocenters. The molecule has 5 nitrogen and oxygen atoms in total. The largest absolute Gasteiger partial charge is 0.477 e. The molecular formula is C20H28N2O3. The molecule has 0 bridgehead atoms. The van der Waals surface area contributed by atoms with Crippen molar-refractivity contribution in [2.45, 2.75) is 45.3 Å². The van der Waals surface area contributed by atoms with E-state index in [1.807, 2.05) is 7.05 Å². The summed E-state index contributed by atoms with van der Waals surface area (Å²) in [6.45, 7) is 7.32. The van der Waals surface area contributed by atoms with Gasteiger partial charge < -0.3 is 14.4 Å². The minimum atomic E-state index is -0.878. The van der Waals surface area contributed by atoms with Crippen LogP contribution in [0, 0.1) is 0 Å². The van der Waals surface area contributed by atoms with Gasteiger partial charge >= 0.3 is 5.97 Å². The number of benzene rings is 1. The molecule has 25 heavy (non-hydrogen) atoms. The lowest BCUT2D eigenvalue weighted by atomic mass is 9.97. The average Bonchev–Trinajstić information content (AvgIpc) is 2.92. The smallest absolute Gasteiger partial charge is 0.352 e. The fourth-order valence-electron chi connectivity index (χ4n) is 3.90. The van der Waals surface area contributed by atoms with Gasteiger partial charge in [0.05, 0.1) is 11.6 Å². The van der Waals surface area contributed by atoms with Crippen molar-refractivity contribution in [2.24, 2.45) is 7.05 Å². The second-order valence-corrected chi connectivity index (χ2v) is 7.38. The Balaban J connectivity index is 1.93. The van der Waals surface area contributed by atoms with Crippen molar-refractivity contribution in [3.8, 4) is 0 Å². The van der Waals surface area contributed by atoms with Gasteiger partial charge in [-0.05, 0) is 42.0 Å². The summed E-state index contributed by atoms with van der Waals surface area (Å²) >= 11 is 0. The first-order valence-electron chi connectivity index (χ1n) is 9.01. The highest BCUT2D eigenvalue weighted by Crippen LogP contribution is 2.30. The first-order chi connectivity index (χ1) is 11.9. The summed E-state index contributed by atoms with van der Waals surface area (Å²) in [5.41, 5.74) is 3.85. The maximum absolute atomic E-state index is 11.5. The Morgan fingerprint density at radius 3 is 2.52 bits per heavy atom. The number of hydrogen-bond donors (Lipinski definition) is 1. The molecule has 0 spiro atoms. The normalized spacial score (nSPS) is 16.8. The van der Waals surface area contributed by atoms with Gasteiger partial charge in [0.15, 0.2) is 0 Å². The van der Waals surface area contributed by atoms with E-state index >= 15 is 0 Å². The van der Waals surface area contributed by atoms with Crippen LogP contribution in [0.4, 0.5) is 0 Å². The monoisotopic (exact) mass is 344 g/mol. The fraction of sp³-hybridized carbons (Fsp3) is 0.550. The molecule has 0 radical (unpaired) electrons. The summed E-state index contributed by atoms with van der Waals surface area (Å²) < 4.78 is 7.26. The van der Waals surface area contributed by atoms with Crippen molar-refractivity contribution in [1.29, 1.82) is 0 Å². The van der Waals surface area contributed by atoms with Gasteiger partial charge in [-0.15, -0.1) is 0 Å². The quantitative estimate of drug-likeness (QED) is 0.900. The predicted molar refractivity (Wildman–Crippen MR) is 99.3 cm³/mol. The van der Waals surface area contributed by atoms with Crippen LogP contribution in [-0.4, -0.2) is 46.8 Å². The number of carboxylic acids is 1. The van der Waals surface area contributed by atoms with Crippen LogP contribution >= 0.6 is 0 Å². The molecule has 5 heteroatoms. The first kappa shape index (κ1) is 18.0. The molecule has 136 valence electrons. The minimum Gasteiger partial charge on any atom is -0.477 e. The van der Waals surface area contributed by atoms with E-state index in [-0.39, 0.29) is 0 Å². The molecule has 1 N–H and O–H groups in total. The lowest BCUT2D eigenvalue weighted by Crippen LogP contribution is -2.36. The van der Waals surface area contributed by atoms with Crippen LogP contribution in [0.1, 0.15) is 54.2 Å². The number of methoxy groups -OCH3 is 1. The molecule has 1 fully saturated rings.